The first-order valence-corrected chi connectivity index (χ1v) is 6.65. The number of aryl methyl sites for hydroxylation is 1. The Morgan fingerprint density at radius 3 is 2.71 bits per heavy atom. The van der Waals surface area contributed by atoms with Crippen LogP contribution in [0.15, 0.2) is 42.6 Å². The molecule has 1 aromatic carbocycles. The van der Waals surface area contributed by atoms with Crippen molar-refractivity contribution in [2.45, 2.75) is 12.8 Å². The number of halogens is 1. The van der Waals surface area contributed by atoms with Crippen molar-refractivity contribution in [3.63, 3.8) is 0 Å². The van der Waals surface area contributed by atoms with Crippen molar-refractivity contribution in [3.05, 3.63) is 59.5 Å². The fourth-order valence-electron chi connectivity index (χ4n) is 1.95. The Morgan fingerprint density at radius 1 is 1.24 bits per heavy atom. The Balaban J connectivity index is 1.85. The number of nitrogens with two attached hydrogens (primary N) is 1. The van der Waals surface area contributed by atoms with Gasteiger partial charge in [-0.15, -0.1) is 0 Å². The van der Waals surface area contributed by atoms with Gasteiger partial charge in [-0.1, -0.05) is 30.3 Å². The monoisotopic (exact) mass is 288 g/mol. The molecule has 0 radical (unpaired) electrons. The number of hydrazine groups is 1. The third-order valence-electron chi connectivity index (χ3n) is 3.04. The molecule has 0 unspecified atom stereocenters. The summed E-state index contributed by atoms with van der Waals surface area (Å²) in [4.78, 5) is 15.6. The van der Waals surface area contributed by atoms with Crippen LogP contribution in [0.3, 0.4) is 0 Å². The average molecular weight is 288 g/mol. The second-order valence-corrected chi connectivity index (χ2v) is 4.51. The molecular weight excluding hydrogens is 271 g/mol. The topological polar surface area (TPSA) is 80.0 Å². The zero-order valence-electron chi connectivity index (χ0n) is 11.5. The number of nitrogen functional groups attached to an aromatic ring is 1. The van der Waals surface area contributed by atoms with Gasteiger partial charge in [0, 0.05) is 12.7 Å². The fourth-order valence-corrected chi connectivity index (χ4v) is 1.95. The molecule has 0 fully saturated rings. The van der Waals surface area contributed by atoms with Gasteiger partial charge in [-0.05, 0) is 24.5 Å². The molecule has 21 heavy (non-hydrogen) atoms. The number of hydrogen-bond acceptors (Lipinski definition) is 4. The Hall–Kier alpha value is -2.47. The number of benzene rings is 1. The van der Waals surface area contributed by atoms with Crippen LogP contribution in [-0.4, -0.2) is 17.4 Å². The number of carbonyl (C=O) groups excluding carboxylic acids is 1. The summed E-state index contributed by atoms with van der Waals surface area (Å²) in [5.41, 5.74) is 3.25. The lowest BCUT2D eigenvalue weighted by Gasteiger charge is -2.08. The Kier molecular flexibility index (Phi) is 5.22. The van der Waals surface area contributed by atoms with Gasteiger partial charge >= 0.3 is 0 Å². The first-order chi connectivity index (χ1) is 10.2. The van der Waals surface area contributed by atoms with Crippen molar-refractivity contribution in [2.75, 3.05) is 12.0 Å². The number of hydrogen-bond donors (Lipinski definition) is 3. The third-order valence-corrected chi connectivity index (χ3v) is 3.04. The smallest absolute Gasteiger partial charge is 0.254 e. The van der Waals surface area contributed by atoms with E-state index < -0.39 is 11.7 Å². The zero-order valence-corrected chi connectivity index (χ0v) is 11.5. The average Bonchev–Trinajstić information content (AvgIpc) is 2.52. The number of aromatic nitrogens is 1. The Morgan fingerprint density at radius 2 is 2.00 bits per heavy atom. The van der Waals surface area contributed by atoms with Gasteiger partial charge in [0.2, 0.25) is 0 Å². The molecule has 1 aromatic heterocycles. The van der Waals surface area contributed by atoms with Crippen molar-refractivity contribution in [1.82, 2.24) is 10.3 Å². The number of amides is 1. The van der Waals surface area contributed by atoms with Gasteiger partial charge in [0.15, 0.2) is 11.6 Å². The lowest BCUT2D eigenvalue weighted by molar-refractivity contribution is 0.0949. The van der Waals surface area contributed by atoms with Crippen LogP contribution < -0.4 is 16.6 Å². The number of nitrogens with zero attached hydrogens (tertiary/aromatic N) is 1. The maximum Gasteiger partial charge on any atom is 0.254 e. The van der Waals surface area contributed by atoms with E-state index in [2.05, 4.69) is 15.7 Å². The number of rotatable bonds is 6. The van der Waals surface area contributed by atoms with E-state index in [4.69, 9.17) is 5.84 Å². The molecule has 1 amide bonds. The second-order valence-electron chi connectivity index (χ2n) is 4.51. The standard InChI is InChI=1S/C15H17FN4O/c16-13-12(8-10-18-14(13)20-17)15(21)19-9-4-7-11-5-2-1-3-6-11/h1-3,5-6,8,10H,4,7,9,17H2,(H,18,20)(H,19,21). The molecule has 0 aliphatic carbocycles. The quantitative estimate of drug-likeness (QED) is 0.431. The Bertz CT molecular complexity index is 604. The molecule has 0 bridgehead atoms. The molecular formula is C15H17FN4O. The number of anilines is 1. The van der Waals surface area contributed by atoms with E-state index in [1.807, 2.05) is 30.3 Å². The molecule has 0 aliphatic rings. The molecule has 6 heteroatoms. The third kappa shape index (κ3) is 4.00. The van der Waals surface area contributed by atoms with E-state index >= 15 is 0 Å². The molecule has 110 valence electrons. The minimum atomic E-state index is -0.749. The van der Waals surface area contributed by atoms with Gasteiger partial charge in [0.05, 0.1) is 5.56 Å². The first-order valence-electron chi connectivity index (χ1n) is 6.65. The van der Waals surface area contributed by atoms with E-state index in [-0.39, 0.29) is 11.4 Å². The zero-order chi connectivity index (χ0) is 15.1. The van der Waals surface area contributed by atoms with E-state index in [0.29, 0.717) is 6.54 Å². The highest BCUT2D eigenvalue weighted by Crippen LogP contribution is 2.13. The van der Waals surface area contributed by atoms with Crippen LogP contribution in [0.1, 0.15) is 22.3 Å². The molecule has 2 aromatic rings. The number of carbonyl (C=O) groups is 1. The van der Waals surface area contributed by atoms with Gasteiger partial charge in [-0.2, -0.15) is 0 Å². The molecule has 0 atom stereocenters. The van der Waals surface area contributed by atoms with Crippen LogP contribution >= 0.6 is 0 Å². The minimum Gasteiger partial charge on any atom is -0.352 e. The summed E-state index contributed by atoms with van der Waals surface area (Å²) in [5, 5.41) is 2.69. The molecule has 0 aliphatic heterocycles. The Labute approximate surface area is 122 Å². The van der Waals surface area contributed by atoms with Crippen LogP contribution in [0.4, 0.5) is 10.2 Å². The van der Waals surface area contributed by atoms with Crippen molar-refractivity contribution < 1.29 is 9.18 Å². The van der Waals surface area contributed by atoms with Gasteiger partial charge in [-0.3, -0.25) is 4.79 Å². The highest BCUT2D eigenvalue weighted by atomic mass is 19.1. The van der Waals surface area contributed by atoms with E-state index in [9.17, 15) is 9.18 Å². The highest BCUT2D eigenvalue weighted by molar-refractivity contribution is 5.95. The summed E-state index contributed by atoms with van der Waals surface area (Å²) in [6, 6.07) is 11.3. The van der Waals surface area contributed by atoms with Crippen LogP contribution in [-0.2, 0) is 6.42 Å². The molecule has 1 heterocycles. The van der Waals surface area contributed by atoms with Crippen LogP contribution in [0.5, 0.6) is 0 Å². The van der Waals surface area contributed by atoms with E-state index in [0.717, 1.165) is 12.8 Å². The summed E-state index contributed by atoms with van der Waals surface area (Å²) >= 11 is 0. The highest BCUT2D eigenvalue weighted by Gasteiger charge is 2.14. The predicted octanol–water partition coefficient (Wildman–Crippen LogP) is 1.87. The van der Waals surface area contributed by atoms with Gasteiger partial charge < -0.3 is 10.7 Å². The number of pyridine rings is 1. The molecule has 2 rings (SSSR count). The van der Waals surface area contributed by atoms with Gasteiger partial charge in [-0.25, -0.2) is 15.2 Å². The maximum absolute atomic E-state index is 13.8. The lowest BCUT2D eigenvalue weighted by atomic mass is 10.1. The summed E-state index contributed by atoms with van der Waals surface area (Å²) in [6.07, 6.45) is 2.97. The van der Waals surface area contributed by atoms with E-state index in [1.54, 1.807) is 0 Å². The minimum absolute atomic E-state index is 0.0716. The molecule has 4 N–H and O–H groups in total. The van der Waals surface area contributed by atoms with Crippen LogP contribution in [0.25, 0.3) is 0 Å². The van der Waals surface area contributed by atoms with E-state index in [1.165, 1.54) is 17.8 Å². The summed E-state index contributed by atoms with van der Waals surface area (Å²) in [5.74, 6) is 3.75. The maximum atomic E-state index is 13.8. The predicted molar refractivity (Wildman–Crippen MR) is 79.1 cm³/mol. The summed E-state index contributed by atoms with van der Waals surface area (Å²) < 4.78 is 13.8. The van der Waals surface area contributed by atoms with Crippen LogP contribution in [0.2, 0.25) is 0 Å². The van der Waals surface area contributed by atoms with Crippen molar-refractivity contribution in [2.24, 2.45) is 5.84 Å². The van der Waals surface area contributed by atoms with Crippen LogP contribution in [0, 0.1) is 5.82 Å². The normalized spacial score (nSPS) is 10.2. The fraction of sp³-hybridized carbons (Fsp3) is 0.200. The largest absolute Gasteiger partial charge is 0.352 e. The van der Waals surface area contributed by atoms with Gasteiger partial charge in [0.1, 0.15) is 0 Å². The SMILES string of the molecule is NNc1nccc(C(=O)NCCCc2ccccc2)c1F. The second kappa shape index (κ2) is 7.35. The summed E-state index contributed by atoms with van der Waals surface area (Å²) in [6.45, 7) is 0.473. The molecule has 0 saturated heterocycles. The molecule has 0 spiro atoms. The first kappa shape index (κ1) is 14.9. The van der Waals surface area contributed by atoms with Crippen molar-refractivity contribution in [3.8, 4) is 0 Å². The van der Waals surface area contributed by atoms with Gasteiger partial charge in [0.25, 0.3) is 5.91 Å². The van der Waals surface area contributed by atoms with Crippen molar-refractivity contribution >= 4 is 11.7 Å². The summed E-state index contributed by atoms with van der Waals surface area (Å²) in [7, 11) is 0. The molecule has 0 saturated carbocycles. The molecule has 5 nitrogen and oxygen atoms in total. The number of nitrogens with one attached hydrogen (secondary N) is 2. The lowest BCUT2D eigenvalue weighted by Crippen LogP contribution is -2.26. The van der Waals surface area contributed by atoms with Crippen molar-refractivity contribution in [1.29, 1.82) is 0 Å².